The highest BCUT2D eigenvalue weighted by atomic mass is 35.5. The Morgan fingerprint density at radius 3 is 2.75 bits per heavy atom. The van der Waals surface area contributed by atoms with Crippen LogP contribution >= 0.6 is 12.4 Å². The molecule has 1 amide bonds. The van der Waals surface area contributed by atoms with Crippen LogP contribution in [0.2, 0.25) is 0 Å². The molecule has 4 N–H and O–H groups in total. The minimum atomic E-state index is -0.597. The number of halogens is 1. The van der Waals surface area contributed by atoms with Gasteiger partial charge >= 0.3 is 5.69 Å². The van der Waals surface area contributed by atoms with Crippen molar-refractivity contribution in [2.45, 2.75) is 38.8 Å². The first kappa shape index (κ1) is 18.4. The van der Waals surface area contributed by atoms with Crippen molar-refractivity contribution in [2.24, 2.45) is 5.73 Å². The van der Waals surface area contributed by atoms with Crippen LogP contribution in [0.4, 0.5) is 0 Å². The van der Waals surface area contributed by atoms with Crippen molar-refractivity contribution in [3.05, 3.63) is 33.1 Å². The van der Waals surface area contributed by atoms with Crippen molar-refractivity contribution in [3.8, 4) is 0 Å². The van der Waals surface area contributed by atoms with Gasteiger partial charge in [0.05, 0.1) is 0 Å². The quantitative estimate of drug-likeness (QED) is 0.636. The van der Waals surface area contributed by atoms with Gasteiger partial charge in [0.25, 0.3) is 5.56 Å². The molecule has 0 aliphatic carbocycles. The van der Waals surface area contributed by atoms with Gasteiger partial charge in [0, 0.05) is 24.8 Å². The molecular formula is C12H21ClN4O3. The number of hydrogen-bond acceptors (Lipinski definition) is 4. The molecular weight excluding hydrogens is 284 g/mol. The summed E-state index contributed by atoms with van der Waals surface area (Å²) in [6, 6.07) is 1.12. The fraction of sp³-hybridized carbons (Fsp3) is 0.583. The second-order valence-electron chi connectivity index (χ2n) is 4.38. The van der Waals surface area contributed by atoms with Gasteiger partial charge in [0.15, 0.2) is 0 Å². The van der Waals surface area contributed by atoms with E-state index in [9.17, 15) is 14.4 Å². The summed E-state index contributed by atoms with van der Waals surface area (Å²) in [6.07, 6.45) is 4.13. The monoisotopic (exact) mass is 304 g/mol. The van der Waals surface area contributed by atoms with Crippen LogP contribution in [0.25, 0.3) is 0 Å². The minimum absolute atomic E-state index is 0. The van der Waals surface area contributed by atoms with E-state index in [-0.39, 0.29) is 30.9 Å². The molecule has 1 rings (SSSR count). The lowest BCUT2D eigenvalue weighted by Crippen LogP contribution is -2.43. The van der Waals surface area contributed by atoms with Crippen LogP contribution in [0.1, 0.15) is 26.2 Å². The highest BCUT2D eigenvalue weighted by Crippen LogP contribution is 1.99. The maximum Gasteiger partial charge on any atom is 0.328 e. The van der Waals surface area contributed by atoms with Gasteiger partial charge < -0.3 is 11.1 Å². The van der Waals surface area contributed by atoms with Crippen LogP contribution in [0.3, 0.4) is 0 Å². The van der Waals surface area contributed by atoms with Gasteiger partial charge in [-0.2, -0.15) is 0 Å². The van der Waals surface area contributed by atoms with Gasteiger partial charge in [-0.15, -0.1) is 12.4 Å². The number of nitrogens with one attached hydrogen (secondary N) is 2. The molecule has 0 saturated heterocycles. The number of nitrogens with two attached hydrogens (primary N) is 1. The summed E-state index contributed by atoms with van der Waals surface area (Å²) in [6.45, 7) is 2.31. The topological polar surface area (TPSA) is 110 Å². The Morgan fingerprint density at radius 1 is 1.50 bits per heavy atom. The first-order valence-corrected chi connectivity index (χ1v) is 6.36. The number of rotatable bonds is 7. The summed E-state index contributed by atoms with van der Waals surface area (Å²) in [5.41, 5.74) is 4.50. The zero-order valence-corrected chi connectivity index (χ0v) is 12.2. The van der Waals surface area contributed by atoms with Crippen molar-refractivity contribution in [3.63, 3.8) is 0 Å². The van der Waals surface area contributed by atoms with E-state index < -0.39 is 11.2 Å². The number of carbonyl (C=O) groups is 1. The van der Waals surface area contributed by atoms with Gasteiger partial charge in [-0.3, -0.25) is 19.1 Å². The maximum absolute atomic E-state index is 11.8. The SMILES string of the molecule is CCCCC(CN)NC(=O)Cn1ccc(=O)[nH]c1=O.Cl. The molecule has 1 heterocycles. The molecule has 1 aromatic heterocycles. The largest absolute Gasteiger partial charge is 0.351 e. The molecule has 0 aromatic carbocycles. The number of aromatic nitrogens is 2. The predicted molar refractivity (Wildman–Crippen MR) is 79.1 cm³/mol. The summed E-state index contributed by atoms with van der Waals surface area (Å²) >= 11 is 0. The molecule has 1 unspecified atom stereocenters. The second kappa shape index (κ2) is 9.33. The Labute approximate surface area is 123 Å². The summed E-state index contributed by atoms with van der Waals surface area (Å²) in [4.78, 5) is 36.1. The normalized spacial score (nSPS) is 11.5. The Morgan fingerprint density at radius 2 is 2.20 bits per heavy atom. The van der Waals surface area contributed by atoms with Crippen LogP contribution in [0.5, 0.6) is 0 Å². The summed E-state index contributed by atoms with van der Waals surface area (Å²) in [7, 11) is 0. The summed E-state index contributed by atoms with van der Waals surface area (Å²) in [5.74, 6) is -0.291. The third-order valence-corrected chi connectivity index (χ3v) is 2.77. The lowest BCUT2D eigenvalue weighted by Gasteiger charge is -2.16. The van der Waals surface area contributed by atoms with Crippen LogP contribution in [0.15, 0.2) is 21.9 Å². The Hall–Kier alpha value is -1.60. The van der Waals surface area contributed by atoms with Gasteiger partial charge in [0.1, 0.15) is 6.54 Å². The van der Waals surface area contributed by atoms with Crippen LogP contribution in [-0.4, -0.2) is 28.0 Å². The van der Waals surface area contributed by atoms with Crippen molar-refractivity contribution in [2.75, 3.05) is 6.54 Å². The maximum atomic E-state index is 11.8. The van der Waals surface area contributed by atoms with E-state index in [0.717, 1.165) is 23.8 Å². The van der Waals surface area contributed by atoms with E-state index in [2.05, 4.69) is 17.2 Å². The average Bonchev–Trinajstić information content (AvgIpc) is 2.38. The van der Waals surface area contributed by atoms with Gasteiger partial charge in [-0.1, -0.05) is 19.8 Å². The number of carbonyl (C=O) groups excluding carboxylic acids is 1. The molecule has 114 valence electrons. The van der Waals surface area contributed by atoms with Crippen molar-refractivity contribution in [1.82, 2.24) is 14.9 Å². The van der Waals surface area contributed by atoms with Crippen molar-refractivity contribution >= 4 is 18.3 Å². The minimum Gasteiger partial charge on any atom is -0.351 e. The Bertz CT molecular complexity index is 526. The van der Waals surface area contributed by atoms with E-state index in [1.807, 2.05) is 0 Å². The van der Waals surface area contributed by atoms with Crippen molar-refractivity contribution < 1.29 is 4.79 Å². The molecule has 0 bridgehead atoms. The highest BCUT2D eigenvalue weighted by molar-refractivity contribution is 5.85. The fourth-order valence-corrected chi connectivity index (χ4v) is 1.70. The van der Waals surface area contributed by atoms with E-state index in [0.29, 0.717) is 6.54 Å². The molecule has 0 fully saturated rings. The van der Waals surface area contributed by atoms with Gasteiger partial charge in [-0.05, 0) is 6.42 Å². The lowest BCUT2D eigenvalue weighted by atomic mass is 10.1. The lowest BCUT2D eigenvalue weighted by molar-refractivity contribution is -0.122. The van der Waals surface area contributed by atoms with Crippen LogP contribution < -0.4 is 22.3 Å². The number of H-pyrrole nitrogens is 1. The third-order valence-electron chi connectivity index (χ3n) is 2.77. The molecule has 0 aliphatic rings. The zero-order chi connectivity index (χ0) is 14.3. The molecule has 0 saturated carbocycles. The number of aromatic amines is 1. The number of nitrogens with zero attached hydrogens (tertiary/aromatic N) is 1. The first-order chi connectivity index (χ1) is 9.06. The molecule has 8 heteroatoms. The molecule has 0 radical (unpaired) electrons. The average molecular weight is 305 g/mol. The standard InChI is InChI=1S/C12H20N4O3.ClH/c1-2-3-4-9(7-13)14-11(18)8-16-6-5-10(17)15-12(16)19;/h5-6,9H,2-4,7-8,13H2,1H3,(H,14,18)(H,15,17,19);1H. The molecule has 1 atom stereocenters. The predicted octanol–water partition coefficient (Wildman–Crippen LogP) is -0.408. The zero-order valence-electron chi connectivity index (χ0n) is 11.4. The van der Waals surface area contributed by atoms with E-state index in [1.54, 1.807) is 0 Å². The van der Waals surface area contributed by atoms with Gasteiger partial charge in [-0.25, -0.2) is 4.79 Å². The van der Waals surface area contributed by atoms with Crippen LogP contribution in [-0.2, 0) is 11.3 Å². The second-order valence-corrected chi connectivity index (χ2v) is 4.38. The van der Waals surface area contributed by atoms with E-state index >= 15 is 0 Å². The summed E-state index contributed by atoms with van der Waals surface area (Å²) in [5, 5.41) is 2.78. The smallest absolute Gasteiger partial charge is 0.328 e. The van der Waals surface area contributed by atoms with E-state index in [1.165, 1.54) is 12.3 Å². The molecule has 1 aromatic rings. The third kappa shape index (κ3) is 6.03. The Kier molecular flexibility index (Phi) is 8.58. The number of unbranched alkanes of at least 4 members (excludes halogenated alkanes) is 1. The number of hydrogen-bond donors (Lipinski definition) is 3. The molecule has 0 aliphatic heterocycles. The first-order valence-electron chi connectivity index (χ1n) is 6.36. The summed E-state index contributed by atoms with van der Waals surface area (Å²) < 4.78 is 1.14. The number of amides is 1. The molecule has 7 nitrogen and oxygen atoms in total. The molecule has 0 spiro atoms. The van der Waals surface area contributed by atoms with Gasteiger partial charge in [0.2, 0.25) is 5.91 Å². The van der Waals surface area contributed by atoms with Crippen molar-refractivity contribution in [1.29, 1.82) is 0 Å². The van der Waals surface area contributed by atoms with E-state index in [4.69, 9.17) is 5.73 Å². The van der Waals surface area contributed by atoms with Crippen LogP contribution in [0, 0.1) is 0 Å². The highest BCUT2D eigenvalue weighted by Gasteiger charge is 2.11. The fourth-order valence-electron chi connectivity index (χ4n) is 1.70. The Balaban J connectivity index is 0.00000361. The molecule has 20 heavy (non-hydrogen) atoms.